The second-order valence-corrected chi connectivity index (χ2v) is 5.69. The maximum atomic E-state index is 12.0. The summed E-state index contributed by atoms with van der Waals surface area (Å²) < 4.78 is 7.25. The van der Waals surface area contributed by atoms with E-state index in [4.69, 9.17) is 4.74 Å². The topological polar surface area (TPSA) is 72.3 Å². The number of morpholine rings is 1. The number of aryl methyl sites for hydroxylation is 2. The Morgan fingerprint density at radius 3 is 3.05 bits per heavy atom. The van der Waals surface area contributed by atoms with Gasteiger partial charge in [-0.25, -0.2) is 9.67 Å². The molecule has 1 saturated heterocycles. The molecule has 1 fully saturated rings. The van der Waals surface area contributed by atoms with E-state index in [1.54, 1.807) is 0 Å². The number of carbonyl (C=O) groups is 1. The van der Waals surface area contributed by atoms with Gasteiger partial charge in [0.05, 0.1) is 19.8 Å². The Hall–Kier alpha value is -1.47. The molecule has 0 radical (unpaired) electrons. The van der Waals surface area contributed by atoms with Gasteiger partial charge in [-0.15, -0.1) is 0 Å². The van der Waals surface area contributed by atoms with Crippen LogP contribution in [0.3, 0.4) is 0 Å². The van der Waals surface area contributed by atoms with Crippen molar-refractivity contribution in [1.82, 2.24) is 25.0 Å². The normalized spacial score (nSPS) is 22.1. The van der Waals surface area contributed by atoms with E-state index in [1.807, 2.05) is 16.5 Å². The van der Waals surface area contributed by atoms with Gasteiger partial charge in [0.25, 0.3) is 0 Å². The zero-order chi connectivity index (χ0) is 14.7. The van der Waals surface area contributed by atoms with Crippen LogP contribution in [0.4, 0.5) is 0 Å². The Morgan fingerprint density at radius 2 is 2.24 bits per heavy atom. The zero-order valence-electron chi connectivity index (χ0n) is 12.5. The molecule has 1 N–H and O–H groups in total. The van der Waals surface area contributed by atoms with Gasteiger partial charge in [-0.3, -0.25) is 4.79 Å². The van der Waals surface area contributed by atoms with Crippen LogP contribution in [0.5, 0.6) is 0 Å². The third-order valence-electron chi connectivity index (χ3n) is 4.10. The third-order valence-corrected chi connectivity index (χ3v) is 4.10. The molecule has 7 heteroatoms. The van der Waals surface area contributed by atoms with Gasteiger partial charge in [0, 0.05) is 38.5 Å². The fourth-order valence-electron chi connectivity index (χ4n) is 2.95. The lowest BCUT2D eigenvalue weighted by Crippen LogP contribution is -2.43. The highest BCUT2D eigenvalue weighted by Crippen LogP contribution is 2.12. The van der Waals surface area contributed by atoms with Gasteiger partial charge in [0.2, 0.25) is 5.91 Å². The number of nitrogens with one attached hydrogen (secondary N) is 1. The molecule has 3 rings (SSSR count). The molecular formula is C14H23N5O2. The molecule has 1 amide bonds. The summed E-state index contributed by atoms with van der Waals surface area (Å²) in [5.74, 6) is 2.14. The molecule has 0 aromatic carbocycles. The van der Waals surface area contributed by atoms with Crippen molar-refractivity contribution in [2.45, 2.75) is 38.8 Å². The largest absolute Gasteiger partial charge is 0.378 e. The molecule has 0 spiro atoms. The molecule has 0 unspecified atom stereocenters. The van der Waals surface area contributed by atoms with E-state index in [2.05, 4.69) is 15.4 Å². The summed E-state index contributed by atoms with van der Waals surface area (Å²) >= 11 is 0. The van der Waals surface area contributed by atoms with E-state index in [0.29, 0.717) is 25.7 Å². The monoisotopic (exact) mass is 293 g/mol. The molecule has 1 aromatic rings. The Labute approximate surface area is 124 Å². The van der Waals surface area contributed by atoms with Gasteiger partial charge < -0.3 is 15.0 Å². The molecule has 0 bridgehead atoms. The van der Waals surface area contributed by atoms with Gasteiger partial charge in [-0.2, -0.15) is 5.10 Å². The van der Waals surface area contributed by atoms with Gasteiger partial charge in [0.15, 0.2) is 0 Å². The van der Waals surface area contributed by atoms with Crippen molar-refractivity contribution < 1.29 is 9.53 Å². The maximum absolute atomic E-state index is 12.0. The second kappa shape index (κ2) is 6.53. The number of aromatic nitrogens is 3. The molecule has 0 saturated carbocycles. The third kappa shape index (κ3) is 3.59. The molecule has 3 heterocycles. The first-order valence-electron chi connectivity index (χ1n) is 7.71. The second-order valence-electron chi connectivity index (χ2n) is 5.69. The Balaban J connectivity index is 1.41. The van der Waals surface area contributed by atoms with Crippen molar-refractivity contribution in [1.29, 1.82) is 0 Å². The van der Waals surface area contributed by atoms with Crippen LogP contribution in [-0.4, -0.2) is 64.5 Å². The SMILES string of the molecule is Cc1nc2n(n1)C[C@H](NCCC(=O)N1CCOCC1)CC2. The number of nitrogens with zero attached hydrogens (tertiary/aromatic N) is 4. The fraction of sp³-hybridized carbons (Fsp3) is 0.786. The smallest absolute Gasteiger partial charge is 0.224 e. The number of hydrogen-bond donors (Lipinski definition) is 1. The number of hydrogen-bond acceptors (Lipinski definition) is 5. The number of carbonyl (C=O) groups excluding carboxylic acids is 1. The first-order chi connectivity index (χ1) is 10.2. The van der Waals surface area contributed by atoms with Crippen LogP contribution >= 0.6 is 0 Å². The minimum Gasteiger partial charge on any atom is -0.378 e. The number of rotatable bonds is 4. The summed E-state index contributed by atoms with van der Waals surface area (Å²) in [7, 11) is 0. The molecule has 1 atom stereocenters. The number of amides is 1. The minimum absolute atomic E-state index is 0.221. The molecule has 0 aliphatic carbocycles. The highest BCUT2D eigenvalue weighted by molar-refractivity contribution is 5.76. The first-order valence-corrected chi connectivity index (χ1v) is 7.71. The summed E-state index contributed by atoms with van der Waals surface area (Å²) in [6, 6.07) is 0.385. The van der Waals surface area contributed by atoms with Gasteiger partial charge >= 0.3 is 0 Å². The van der Waals surface area contributed by atoms with Crippen molar-refractivity contribution in [3.8, 4) is 0 Å². The van der Waals surface area contributed by atoms with Crippen LogP contribution in [0.25, 0.3) is 0 Å². The molecule has 7 nitrogen and oxygen atoms in total. The lowest BCUT2D eigenvalue weighted by Gasteiger charge is -2.28. The standard InChI is InChI=1S/C14H23N5O2/c1-11-16-13-3-2-12(10-19(13)17-11)15-5-4-14(20)18-6-8-21-9-7-18/h12,15H,2-10H2,1H3/t12-/m1/s1. The van der Waals surface area contributed by atoms with Gasteiger partial charge in [-0.05, 0) is 13.3 Å². The molecule has 116 valence electrons. The zero-order valence-corrected chi connectivity index (χ0v) is 12.5. The Bertz CT molecular complexity index is 496. The first kappa shape index (κ1) is 14.5. The fourth-order valence-corrected chi connectivity index (χ4v) is 2.95. The molecule has 2 aliphatic heterocycles. The number of ether oxygens (including phenoxy) is 1. The minimum atomic E-state index is 0.221. The Morgan fingerprint density at radius 1 is 1.43 bits per heavy atom. The summed E-state index contributed by atoms with van der Waals surface area (Å²) in [5.41, 5.74) is 0. The highest BCUT2D eigenvalue weighted by Gasteiger charge is 2.21. The van der Waals surface area contributed by atoms with Crippen LogP contribution in [-0.2, 0) is 22.5 Å². The summed E-state index contributed by atoms with van der Waals surface area (Å²) in [6.07, 6.45) is 2.57. The quantitative estimate of drug-likeness (QED) is 0.828. The summed E-state index contributed by atoms with van der Waals surface area (Å²) in [4.78, 5) is 18.3. The van der Waals surface area contributed by atoms with Crippen LogP contribution in [0, 0.1) is 6.92 Å². The molecule has 1 aromatic heterocycles. The van der Waals surface area contributed by atoms with Crippen LogP contribution in [0.1, 0.15) is 24.5 Å². The lowest BCUT2D eigenvalue weighted by molar-refractivity contribution is -0.135. The average molecular weight is 293 g/mol. The lowest BCUT2D eigenvalue weighted by atomic mass is 10.1. The van der Waals surface area contributed by atoms with E-state index in [-0.39, 0.29) is 5.91 Å². The van der Waals surface area contributed by atoms with Crippen molar-refractivity contribution in [2.24, 2.45) is 0 Å². The van der Waals surface area contributed by atoms with Crippen molar-refractivity contribution in [3.63, 3.8) is 0 Å². The van der Waals surface area contributed by atoms with E-state index >= 15 is 0 Å². The predicted molar refractivity (Wildman–Crippen MR) is 76.9 cm³/mol. The van der Waals surface area contributed by atoms with Crippen molar-refractivity contribution >= 4 is 5.91 Å². The van der Waals surface area contributed by atoms with E-state index in [9.17, 15) is 4.79 Å². The Kier molecular flexibility index (Phi) is 4.50. The highest BCUT2D eigenvalue weighted by atomic mass is 16.5. The van der Waals surface area contributed by atoms with Crippen LogP contribution in [0.15, 0.2) is 0 Å². The van der Waals surface area contributed by atoms with Crippen molar-refractivity contribution in [2.75, 3.05) is 32.8 Å². The van der Waals surface area contributed by atoms with E-state index in [0.717, 1.165) is 50.7 Å². The van der Waals surface area contributed by atoms with Crippen LogP contribution < -0.4 is 5.32 Å². The average Bonchev–Trinajstić information content (AvgIpc) is 2.87. The summed E-state index contributed by atoms with van der Waals surface area (Å²) in [6.45, 7) is 6.28. The maximum Gasteiger partial charge on any atom is 0.224 e. The molecule has 2 aliphatic rings. The van der Waals surface area contributed by atoms with E-state index < -0.39 is 0 Å². The summed E-state index contributed by atoms with van der Waals surface area (Å²) in [5, 5.41) is 7.87. The molecule has 21 heavy (non-hydrogen) atoms. The number of fused-ring (bicyclic) bond motifs is 1. The predicted octanol–water partition coefficient (Wildman–Crippen LogP) is -0.260. The van der Waals surface area contributed by atoms with Crippen LogP contribution in [0.2, 0.25) is 0 Å². The van der Waals surface area contributed by atoms with Gasteiger partial charge in [0.1, 0.15) is 11.6 Å². The van der Waals surface area contributed by atoms with E-state index in [1.165, 1.54) is 0 Å². The van der Waals surface area contributed by atoms with Gasteiger partial charge in [-0.1, -0.05) is 0 Å². The van der Waals surface area contributed by atoms with Crippen molar-refractivity contribution in [3.05, 3.63) is 11.6 Å². The molecular weight excluding hydrogens is 270 g/mol.